The predicted molar refractivity (Wildman–Crippen MR) is 79.6 cm³/mol. The maximum atomic E-state index is 9.26. The molecule has 2 nitrogen and oxygen atoms in total. The van der Waals surface area contributed by atoms with E-state index in [4.69, 9.17) is 0 Å². The number of phenols is 1. The lowest BCUT2D eigenvalue weighted by molar-refractivity contribution is 0.155. The lowest BCUT2D eigenvalue weighted by Crippen LogP contribution is -2.45. The smallest absolute Gasteiger partial charge is 0.115 e. The van der Waals surface area contributed by atoms with E-state index in [2.05, 4.69) is 41.3 Å². The van der Waals surface area contributed by atoms with Gasteiger partial charge in [-0.1, -0.05) is 48.6 Å². The van der Waals surface area contributed by atoms with Crippen molar-refractivity contribution in [2.45, 2.75) is 30.2 Å². The first-order chi connectivity index (χ1) is 7.97. The molecule has 1 N–H and O–H groups in total. The molecule has 1 aromatic rings. The van der Waals surface area contributed by atoms with E-state index in [0.717, 1.165) is 12.5 Å². The van der Waals surface area contributed by atoms with Crippen molar-refractivity contribution in [2.75, 3.05) is 13.1 Å². The zero-order valence-corrected chi connectivity index (χ0v) is 12.6. The summed E-state index contributed by atoms with van der Waals surface area (Å²) in [4.78, 5) is 2.51. The van der Waals surface area contributed by atoms with Gasteiger partial charge >= 0.3 is 0 Å². The fourth-order valence-corrected chi connectivity index (χ4v) is 2.73. The summed E-state index contributed by atoms with van der Waals surface area (Å²) in [6, 6.07) is 7.56. The fraction of sp³-hybridized carbons (Fsp3) is 0.571. The van der Waals surface area contributed by atoms with E-state index in [1.807, 2.05) is 12.1 Å². The fourth-order valence-electron chi connectivity index (χ4n) is 2.30. The van der Waals surface area contributed by atoms with Crippen LogP contribution < -0.4 is 0 Å². The maximum Gasteiger partial charge on any atom is 0.115 e. The van der Waals surface area contributed by atoms with Crippen LogP contribution in [0.3, 0.4) is 0 Å². The molecular formula is C14H20INO. The number of hydrogen-bond donors (Lipinski definition) is 1. The molecule has 1 aliphatic heterocycles. The van der Waals surface area contributed by atoms with Crippen molar-refractivity contribution in [1.82, 2.24) is 4.90 Å². The summed E-state index contributed by atoms with van der Waals surface area (Å²) < 4.78 is 0.448. The molecule has 0 aliphatic carbocycles. The van der Waals surface area contributed by atoms with Crippen LogP contribution >= 0.6 is 22.6 Å². The zero-order chi connectivity index (χ0) is 12.5. The third-order valence-corrected chi connectivity index (χ3v) is 5.42. The Labute approximate surface area is 117 Å². The number of likely N-dealkylation sites (tertiary alicyclic amines) is 1. The van der Waals surface area contributed by atoms with Gasteiger partial charge in [-0.15, -0.1) is 0 Å². The second-order valence-electron chi connectivity index (χ2n) is 5.33. The Morgan fingerprint density at radius 3 is 2.65 bits per heavy atom. The van der Waals surface area contributed by atoms with Gasteiger partial charge in [0.15, 0.2) is 0 Å². The molecule has 0 spiro atoms. The van der Waals surface area contributed by atoms with Crippen molar-refractivity contribution in [1.29, 1.82) is 0 Å². The van der Waals surface area contributed by atoms with Gasteiger partial charge in [0.2, 0.25) is 0 Å². The lowest BCUT2D eigenvalue weighted by Gasteiger charge is -2.41. The predicted octanol–water partition coefficient (Wildman–Crippen LogP) is 3.43. The highest BCUT2D eigenvalue weighted by Crippen LogP contribution is 2.36. The Morgan fingerprint density at radius 1 is 1.41 bits per heavy atom. The van der Waals surface area contributed by atoms with Gasteiger partial charge < -0.3 is 5.11 Å². The first kappa shape index (κ1) is 13.1. The molecule has 1 aromatic carbocycles. The Balaban J connectivity index is 1.95. The molecule has 94 valence electrons. The lowest BCUT2D eigenvalue weighted by atomic mass is 9.88. The van der Waals surface area contributed by atoms with Crippen molar-refractivity contribution in [3.63, 3.8) is 0 Å². The average Bonchev–Trinajstić information content (AvgIpc) is 2.27. The highest BCUT2D eigenvalue weighted by atomic mass is 127. The topological polar surface area (TPSA) is 23.5 Å². The van der Waals surface area contributed by atoms with E-state index >= 15 is 0 Å². The summed E-state index contributed by atoms with van der Waals surface area (Å²) in [5, 5.41) is 9.26. The van der Waals surface area contributed by atoms with E-state index in [1.54, 1.807) is 12.1 Å². The number of halogens is 1. The van der Waals surface area contributed by atoms with Gasteiger partial charge in [0.25, 0.3) is 0 Å². The molecule has 0 amide bonds. The Bertz CT molecular complexity index is 374. The molecule has 3 heteroatoms. The summed E-state index contributed by atoms with van der Waals surface area (Å²) in [6.45, 7) is 8.04. The summed E-state index contributed by atoms with van der Waals surface area (Å²) >= 11 is 2.60. The largest absolute Gasteiger partial charge is 0.508 e. The quantitative estimate of drug-likeness (QED) is 0.656. The normalized spacial score (nSPS) is 30.4. The number of nitrogens with zero attached hydrogens (tertiary/aromatic N) is 1. The van der Waals surface area contributed by atoms with Crippen LogP contribution in [-0.2, 0) is 6.54 Å². The van der Waals surface area contributed by atoms with E-state index in [1.165, 1.54) is 25.1 Å². The molecular weight excluding hydrogens is 325 g/mol. The summed E-state index contributed by atoms with van der Waals surface area (Å²) in [5.74, 6) is 1.08. The second kappa shape index (κ2) is 5.14. The third-order valence-electron chi connectivity index (χ3n) is 3.82. The minimum Gasteiger partial charge on any atom is -0.508 e. The number of alkyl halides is 1. The molecule has 17 heavy (non-hydrogen) atoms. The summed E-state index contributed by atoms with van der Waals surface area (Å²) in [7, 11) is 0. The minimum atomic E-state index is 0.348. The second-order valence-corrected chi connectivity index (χ2v) is 7.80. The van der Waals surface area contributed by atoms with Crippen LogP contribution in [0.25, 0.3) is 0 Å². The van der Waals surface area contributed by atoms with Crippen molar-refractivity contribution in [3.05, 3.63) is 29.8 Å². The monoisotopic (exact) mass is 345 g/mol. The van der Waals surface area contributed by atoms with Gasteiger partial charge in [0.05, 0.1) is 0 Å². The molecule has 0 aromatic heterocycles. The van der Waals surface area contributed by atoms with Crippen LogP contribution in [-0.4, -0.2) is 26.5 Å². The molecule has 2 atom stereocenters. The van der Waals surface area contributed by atoms with Gasteiger partial charge in [-0.3, -0.25) is 4.90 Å². The highest BCUT2D eigenvalue weighted by molar-refractivity contribution is 14.1. The third kappa shape index (κ3) is 3.35. The van der Waals surface area contributed by atoms with E-state index in [-0.39, 0.29) is 0 Å². The summed E-state index contributed by atoms with van der Waals surface area (Å²) in [6.07, 6.45) is 1.26. The van der Waals surface area contributed by atoms with Gasteiger partial charge in [-0.2, -0.15) is 0 Å². The number of phenolic OH excluding ortho intramolecular Hbond substituents is 1. The molecule has 1 aliphatic rings. The number of aromatic hydroxyl groups is 1. The van der Waals surface area contributed by atoms with Crippen LogP contribution in [0.4, 0.5) is 0 Å². The molecule has 1 heterocycles. The highest BCUT2D eigenvalue weighted by Gasteiger charge is 2.33. The minimum absolute atomic E-state index is 0.348. The first-order valence-electron chi connectivity index (χ1n) is 6.16. The zero-order valence-electron chi connectivity index (χ0n) is 10.5. The molecule has 0 radical (unpaired) electrons. The average molecular weight is 345 g/mol. The number of benzene rings is 1. The van der Waals surface area contributed by atoms with E-state index in [0.29, 0.717) is 9.17 Å². The first-order valence-corrected chi connectivity index (χ1v) is 7.24. The Kier molecular flexibility index (Phi) is 3.98. The van der Waals surface area contributed by atoms with Crippen molar-refractivity contribution < 1.29 is 5.11 Å². The standard InChI is InChI=1S/C14H20INO/c1-11-9-16(8-7-14(11,2)15)10-12-3-5-13(17)6-4-12/h3-6,11,17H,7-10H2,1-2H3. The van der Waals surface area contributed by atoms with Crippen LogP contribution in [0.5, 0.6) is 5.75 Å². The maximum absolute atomic E-state index is 9.26. The number of hydrogen-bond acceptors (Lipinski definition) is 2. The number of rotatable bonds is 2. The van der Waals surface area contributed by atoms with Crippen LogP contribution in [0.2, 0.25) is 0 Å². The van der Waals surface area contributed by atoms with E-state index < -0.39 is 0 Å². The van der Waals surface area contributed by atoms with Gasteiger partial charge in [-0.05, 0) is 36.6 Å². The molecule has 2 unspecified atom stereocenters. The molecule has 0 saturated carbocycles. The van der Waals surface area contributed by atoms with Crippen LogP contribution in [0.1, 0.15) is 25.8 Å². The Morgan fingerprint density at radius 2 is 2.06 bits per heavy atom. The molecule has 2 rings (SSSR count). The molecule has 1 fully saturated rings. The van der Waals surface area contributed by atoms with Crippen molar-refractivity contribution in [3.8, 4) is 5.75 Å². The molecule has 1 saturated heterocycles. The number of piperidine rings is 1. The van der Waals surface area contributed by atoms with Crippen molar-refractivity contribution >= 4 is 22.6 Å². The molecule has 0 bridgehead atoms. The van der Waals surface area contributed by atoms with Gasteiger partial charge in [0, 0.05) is 16.5 Å². The van der Waals surface area contributed by atoms with Gasteiger partial charge in [-0.25, -0.2) is 0 Å². The van der Waals surface area contributed by atoms with Crippen LogP contribution in [0, 0.1) is 5.92 Å². The van der Waals surface area contributed by atoms with E-state index in [9.17, 15) is 5.11 Å². The van der Waals surface area contributed by atoms with Crippen LogP contribution in [0.15, 0.2) is 24.3 Å². The van der Waals surface area contributed by atoms with Crippen molar-refractivity contribution in [2.24, 2.45) is 5.92 Å². The SMILES string of the molecule is CC1CN(Cc2ccc(O)cc2)CCC1(C)I. The Hall–Kier alpha value is -0.290. The van der Waals surface area contributed by atoms with Gasteiger partial charge in [0.1, 0.15) is 5.75 Å². The summed E-state index contributed by atoms with van der Waals surface area (Å²) in [5.41, 5.74) is 1.28.